The van der Waals surface area contributed by atoms with E-state index in [9.17, 15) is 14.4 Å². The zero-order valence-electron chi connectivity index (χ0n) is 7.32. The first-order chi connectivity index (χ1) is 6.60. The highest BCUT2D eigenvalue weighted by Crippen LogP contribution is 1.82. The first-order valence-corrected chi connectivity index (χ1v) is 3.60. The minimum atomic E-state index is -0.915. The molecule has 0 saturated carbocycles. The first-order valence-electron chi connectivity index (χ1n) is 3.60. The molecule has 14 heavy (non-hydrogen) atoms. The quantitative estimate of drug-likeness (QED) is 0.318. The van der Waals surface area contributed by atoms with Crippen LogP contribution < -0.4 is 11.1 Å². The van der Waals surface area contributed by atoms with Crippen LogP contribution in [0.4, 0.5) is 0 Å². The molecule has 0 atom stereocenters. The standard InChI is InChI=1S/C7H10N2O5/c1-2-6(11)13-14-7(12)4-9-5(10)3-8/h2H,1,3-4,8H2,(H,9,10). The molecule has 0 unspecified atom stereocenters. The Hall–Kier alpha value is -1.89. The number of carbonyl (C=O) groups excluding carboxylic acids is 3. The zero-order chi connectivity index (χ0) is 11.0. The Morgan fingerprint density at radius 2 is 2.00 bits per heavy atom. The van der Waals surface area contributed by atoms with Gasteiger partial charge >= 0.3 is 11.9 Å². The molecule has 0 fully saturated rings. The van der Waals surface area contributed by atoms with Crippen LogP contribution in [0, 0.1) is 0 Å². The van der Waals surface area contributed by atoms with E-state index in [1.807, 2.05) is 0 Å². The lowest BCUT2D eigenvalue weighted by Gasteiger charge is -2.01. The van der Waals surface area contributed by atoms with E-state index in [1.165, 1.54) is 0 Å². The molecule has 0 aliphatic heterocycles. The molecular formula is C7H10N2O5. The Labute approximate surface area is 79.8 Å². The second-order valence-corrected chi connectivity index (χ2v) is 2.04. The lowest BCUT2D eigenvalue weighted by molar-refractivity contribution is -0.253. The summed E-state index contributed by atoms with van der Waals surface area (Å²) < 4.78 is 0. The van der Waals surface area contributed by atoms with Crippen LogP contribution in [-0.4, -0.2) is 30.9 Å². The van der Waals surface area contributed by atoms with E-state index in [1.54, 1.807) is 0 Å². The molecule has 78 valence electrons. The summed E-state index contributed by atoms with van der Waals surface area (Å²) in [6.07, 6.45) is 0.825. The molecule has 0 saturated heterocycles. The van der Waals surface area contributed by atoms with E-state index in [4.69, 9.17) is 5.73 Å². The molecular weight excluding hydrogens is 192 g/mol. The molecule has 0 aromatic carbocycles. The molecule has 0 heterocycles. The Morgan fingerprint density at radius 3 is 2.50 bits per heavy atom. The van der Waals surface area contributed by atoms with E-state index in [0.717, 1.165) is 6.08 Å². The minimum absolute atomic E-state index is 0.236. The molecule has 7 nitrogen and oxygen atoms in total. The third-order valence-corrected chi connectivity index (χ3v) is 0.999. The van der Waals surface area contributed by atoms with E-state index < -0.39 is 24.4 Å². The van der Waals surface area contributed by atoms with E-state index >= 15 is 0 Å². The second kappa shape index (κ2) is 6.61. The van der Waals surface area contributed by atoms with Crippen LogP contribution in [-0.2, 0) is 24.2 Å². The summed E-state index contributed by atoms with van der Waals surface area (Å²) in [4.78, 5) is 39.5. The van der Waals surface area contributed by atoms with Gasteiger partial charge in [-0.1, -0.05) is 6.58 Å². The average Bonchev–Trinajstić information content (AvgIpc) is 2.22. The largest absolute Gasteiger partial charge is 0.378 e. The third kappa shape index (κ3) is 5.72. The lowest BCUT2D eigenvalue weighted by Crippen LogP contribution is -2.35. The fourth-order valence-corrected chi connectivity index (χ4v) is 0.394. The summed E-state index contributed by atoms with van der Waals surface area (Å²) >= 11 is 0. The van der Waals surface area contributed by atoms with Crippen molar-refractivity contribution in [2.45, 2.75) is 0 Å². The predicted octanol–water partition coefficient (Wildman–Crippen LogP) is -1.75. The normalized spacial score (nSPS) is 8.64. The van der Waals surface area contributed by atoms with Gasteiger partial charge in [-0.3, -0.25) is 4.79 Å². The summed E-state index contributed by atoms with van der Waals surface area (Å²) in [5.41, 5.74) is 4.94. The van der Waals surface area contributed by atoms with Gasteiger partial charge in [-0.25, -0.2) is 19.4 Å². The number of nitrogens with one attached hydrogen (secondary N) is 1. The van der Waals surface area contributed by atoms with Crippen molar-refractivity contribution < 1.29 is 24.2 Å². The fourth-order valence-electron chi connectivity index (χ4n) is 0.394. The molecule has 7 heteroatoms. The van der Waals surface area contributed by atoms with Crippen LogP contribution in [0.15, 0.2) is 12.7 Å². The van der Waals surface area contributed by atoms with Crippen LogP contribution in [0.2, 0.25) is 0 Å². The number of hydrogen-bond acceptors (Lipinski definition) is 6. The maximum atomic E-state index is 10.7. The van der Waals surface area contributed by atoms with Crippen molar-refractivity contribution >= 4 is 17.8 Å². The van der Waals surface area contributed by atoms with Crippen molar-refractivity contribution in [1.29, 1.82) is 0 Å². The van der Waals surface area contributed by atoms with Gasteiger partial charge in [0.05, 0.1) is 6.54 Å². The highest BCUT2D eigenvalue weighted by molar-refractivity contribution is 5.84. The second-order valence-electron chi connectivity index (χ2n) is 2.04. The zero-order valence-corrected chi connectivity index (χ0v) is 7.32. The monoisotopic (exact) mass is 202 g/mol. The number of hydrogen-bond donors (Lipinski definition) is 2. The Kier molecular flexibility index (Phi) is 5.72. The Balaban J connectivity index is 3.61. The van der Waals surface area contributed by atoms with E-state index in [0.29, 0.717) is 0 Å². The van der Waals surface area contributed by atoms with Crippen molar-refractivity contribution in [3.05, 3.63) is 12.7 Å². The Morgan fingerprint density at radius 1 is 1.36 bits per heavy atom. The SMILES string of the molecule is C=CC(=O)OOC(=O)CNC(=O)CN. The number of rotatable bonds is 4. The summed E-state index contributed by atoms with van der Waals surface area (Å²) in [6, 6.07) is 0. The summed E-state index contributed by atoms with van der Waals surface area (Å²) in [6.45, 7) is 2.42. The molecule has 0 aromatic heterocycles. The van der Waals surface area contributed by atoms with Gasteiger partial charge in [0.25, 0.3) is 0 Å². The van der Waals surface area contributed by atoms with Crippen molar-refractivity contribution in [3.8, 4) is 0 Å². The van der Waals surface area contributed by atoms with Gasteiger partial charge in [-0.05, 0) is 0 Å². The van der Waals surface area contributed by atoms with Gasteiger partial charge in [0.15, 0.2) is 0 Å². The highest BCUT2D eigenvalue weighted by Gasteiger charge is 2.08. The lowest BCUT2D eigenvalue weighted by atomic mass is 10.5. The van der Waals surface area contributed by atoms with E-state index in [2.05, 4.69) is 21.7 Å². The van der Waals surface area contributed by atoms with E-state index in [-0.39, 0.29) is 6.54 Å². The van der Waals surface area contributed by atoms with Gasteiger partial charge in [0.1, 0.15) is 6.54 Å². The fraction of sp³-hybridized carbons (Fsp3) is 0.286. The van der Waals surface area contributed by atoms with Crippen molar-refractivity contribution in [2.24, 2.45) is 5.73 Å². The smallest absolute Gasteiger partial charge is 0.344 e. The Bertz CT molecular complexity index is 250. The molecule has 0 aliphatic rings. The molecule has 0 rings (SSSR count). The summed E-state index contributed by atoms with van der Waals surface area (Å²) in [5.74, 6) is -2.33. The van der Waals surface area contributed by atoms with Crippen LogP contribution in [0.5, 0.6) is 0 Å². The molecule has 1 amide bonds. The van der Waals surface area contributed by atoms with Crippen molar-refractivity contribution in [1.82, 2.24) is 5.32 Å². The van der Waals surface area contributed by atoms with Crippen LogP contribution in [0.1, 0.15) is 0 Å². The predicted molar refractivity (Wildman–Crippen MR) is 44.4 cm³/mol. The molecule has 0 aliphatic carbocycles. The maximum absolute atomic E-state index is 10.7. The number of nitrogens with two attached hydrogens (primary N) is 1. The summed E-state index contributed by atoms with van der Waals surface area (Å²) in [5, 5.41) is 2.12. The third-order valence-electron chi connectivity index (χ3n) is 0.999. The topological polar surface area (TPSA) is 108 Å². The van der Waals surface area contributed by atoms with Crippen LogP contribution in [0.25, 0.3) is 0 Å². The molecule has 0 spiro atoms. The molecule has 0 bridgehead atoms. The van der Waals surface area contributed by atoms with Gasteiger partial charge in [0.2, 0.25) is 5.91 Å². The summed E-state index contributed by atoms with van der Waals surface area (Å²) in [7, 11) is 0. The van der Waals surface area contributed by atoms with Crippen LogP contribution >= 0.6 is 0 Å². The van der Waals surface area contributed by atoms with Gasteiger partial charge in [0, 0.05) is 6.08 Å². The maximum Gasteiger partial charge on any atom is 0.378 e. The van der Waals surface area contributed by atoms with Crippen LogP contribution in [0.3, 0.4) is 0 Å². The molecule has 0 radical (unpaired) electrons. The highest BCUT2D eigenvalue weighted by atomic mass is 17.2. The van der Waals surface area contributed by atoms with Crippen molar-refractivity contribution in [3.63, 3.8) is 0 Å². The van der Waals surface area contributed by atoms with Gasteiger partial charge < -0.3 is 11.1 Å². The molecule has 3 N–H and O–H groups in total. The van der Waals surface area contributed by atoms with Gasteiger partial charge in [-0.2, -0.15) is 0 Å². The van der Waals surface area contributed by atoms with Crippen molar-refractivity contribution in [2.75, 3.05) is 13.1 Å². The number of carbonyl (C=O) groups is 3. The molecule has 0 aromatic rings. The van der Waals surface area contributed by atoms with Gasteiger partial charge in [-0.15, -0.1) is 0 Å². The number of amides is 1. The average molecular weight is 202 g/mol. The first kappa shape index (κ1) is 12.1. The minimum Gasteiger partial charge on any atom is -0.344 e.